The van der Waals surface area contributed by atoms with Gasteiger partial charge in [-0.25, -0.2) is 8.78 Å². The SMILES string of the molecule is CC(Cc1ccc(F)cc1)NC(C)c1ccccc1F. The maximum absolute atomic E-state index is 13.7. The van der Waals surface area contributed by atoms with Crippen molar-refractivity contribution in [2.24, 2.45) is 0 Å². The van der Waals surface area contributed by atoms with Gasteiger partial charge in [0.15, 0.2) is 0 Å². The maximum atomic E-state index is 13.7. The van der Waals surface area contributed by atoms with Gasteiger partial charge in [-0.1, -0.05) is 30.3 Å². The molecule has 1 N–H and O–H groups in total. The molecule has 0 saturated heterocycles. The number of rotatable bonds is 5. The summed E-state index contributed by atoms with van der Waals surface area (Å²) in [5.74, 6) is -0.421. The third kappa shape index (κ3) is 3.87. The molecular formula is C17H19F2N. The molecule has 2 rings (SSSR count). The maximum Gasteiger partial charge on any atom is 0.127 e. The monoisotopic (exact) mass is 275 g/mol. The van der Waals surface area contributed by atoms with Crippen LogP contribution in [0.4, 0.5) is 8.78 Å². The lowest BCUT2D eigenvalue weighted by atomic mass is 10.0. The topological polar surface area (TPSA) is 12.0 Å². The van der Waals surface area contributed by atoms with E-state index in [9.17, 15) is 8.78 Å². The van der Waals surface area contributed by atoms with Gasteiger partial charge in [0.05, 0.1) is 0 Å². The molecule has 0 heterocycles. The lowest BCUT2D eigenvalue weighted by Gasteiger charge is -2.21. The number of nitrogens with one attached hydrogen (secondary N) is 1. The highest BCUT2D eigenvalue weighted by atomic mass is 19.1. The Morgan fingerprint density at radius 2 is 1.60 bits per heavy atom. The zero-order valence-electron chi connectivity index (χ0n) is 11.7. The van der Waals surface area contributed by atoms with Gasteiger partial charge >= 0.3 is 0 Å². The van der Waals surface area contributed by atoms with Gasteiger partial charge in [0, 0.05) is 17.6 Å². The fourth-order valence-corrected chi connectivity index (χ4v) is 2.38. The van der Waals surface area contributed by atoms with Gasteiger partial charge < -0.3 is 5.32 Å². The molecule has 0 spiro atoms. The Kier molecular flexibility index (Phi) is 4.85. The molecule has 0 bridgehead atoms. The van der Waals surface area contributed by atoms with Crippen LogP contribution < -0.4 is 5.32 Å². The molecule has 106 valence electrons. The number of benzene rings is 2. The molecule has 0 saturated carbocycles. The second-order valence-electron chi connectivity index (χ2n) is 5.14. The van der Waals surface area contributed by atoms with Crippen molar-refractivity contribution in [1.82, 2.24) is 5.32 Å². The lowest BCUT2D eigenvalue weighted by Crippen LogP contribution is -2.31. The Hall–Kier alpha value is -1.74. The van der Waals surface area contributed by atoms with E-state index in [-0.39, 0.29) is 23.7 Å². The quantitative estimate of drug-likeness (QED) is 0.860. The molecule has 2 atom stereocenters. The van der Waals surface area contributed by atoms with E-state index in [1.807, 2.05) is 19.9 Å². The molecule has 1 nitrogen and oxygen atoms in total. The van der Waals surface area contributed by atoms with Crippen molar-refractivity contribution in [2.45, 2.75) is 32.4 Å². The predicted molar refractivity (Wildman–Crippen MR) is 77.5 cm³/mol. The summed E-state index contributed by atoms with van der Waals surface area (Å²) in [6.07, 6.45) is 0.777. The lowest BCUT2D eigenvalue weighted by molar-refractivity contribution is 0.460. The first-order valence-corrected chi connectivity index (χ1v) is 6.81. The van der Waals surface area contributed by atoms with Crippen molar-refractivity contribution in [1.29, 1.82) is 0 Å². The standard InChI is InChI=1S/C17H19F2N/c1-12(11-14-7-9-15(18)10-8-14)20-13(2)16-5-3-4-6-17(16)19/h3-10,12-13,20H,11H2,1-2H3. The van der Waals surface area contributed by atoms with Crippen LogP contribution in [-0.2, 0) is 6.42 Å². The van der Waals surface area contributed by atoms with Gasteiger partial charge in [-0.15, -0.1) is 0 Å². The predicted octanol–water partition coefficient (Wildman–Crippen LogP) is 4.25. The van der Waals surface area contributed by atoms with Gasteiger partial charge in [0.2, 0.25) is 0 Å². The number of hydrogen-bond acceptors (Lipinski definition) is 1. The Labute approximate surface area is 118 Å². The summed E-state index contributed by atoms with van der Waals surface area (Å²) in [6, 6.07) is 13.4. The van der Waals surface area contributed by atoms with Crippen molar-refractivity contribution in [3.05, 3.63) is 71.3 Å². The van der Waals surface area contributed by atoms with Crippen LogP contribution >= 0.6 is 0 Å². The molecular weight excluding hydrogens is 256 g/mol. The first-order chi connectivity index (χ1) is 9.56. The Bertz CT molecular complexity index is 551. The molecule has 0 fully saturated rings. The Morgan fingerprint density at radius 1 is 0.950 bits per heavy atom. The summed E-state index contributed by atoms with van der Waals surface area (Å²) in [5.41, 5.74) is 1.73. The first-order valence-electron chi connectivity index (χ1n) is 6.81. The van der Waals surface area contributed by atoms with Crippen LogP contribution in [0.1, 0.15) is 31.0 Å². The molecule has 2 aromatic rings. The summed E-state index contributed by atoms with van der Waals surface area (Å²) < 4.78 is 26.5. The van der Waals surface area contributed by atoms with E-state index in [0.717, 1.165) is 12.0 Å². The minimum absolute atomic E-state index is 0.0633. The van der Waals surface area contributed by atoms with Gasteiger partial charge in [-0.3, -0.25) is 0 Å². The fraction of sp³-hybridized carbons (Fsp3) is 0.294. The van der Waals surface area contributed by atoms with Crippen molar-refractivity contribution < 1.29 is 8.78 Å². The molecule has 0 aliphatic heterocycles. The fourth-order valence-electron chi connectivity index (χ4n) is 2.38. The first kappa shape index (κ1) is 14.7. The highest BCUT2D eigenvalue weighted by molar-refractivity contribution is 5.21. The minimum atomic E-state index is -0.228. The van der Waals surface area contributed by atoms with E-state index in [0.29, 0.717) is 5.56 Å². The zero-order chi connectivity index (χ0) is 14.5. The summed E-state index contributed by atoms with van der Waals surface area (Å²) in [7, 11) is 0. The second-order valence-corrected chi connectivity index (χ2v) is 5.14. The largest absolute Gasteiger partial charge is 0.307 e. The third-order valence-electron chi connectivity index (χ3n) is 3.36. The normalized spacial score (nSPS) is 14.0. The van der Waals surface area contributed by atoms with Crippen molar-refractivity contribution in [2.75, 3.05) is 0 Å². The van der Waals surface area contributed by atoms with E-state index in [2.05, 4.69) is 5.32 Å². The van der Waals surface area contributed by atoms with E-state index in [1.165, 1.54) is 18.2 Å². The highest BCUT2D eigenvalue weighted by Crippen LogP contribution is 2.17. The van der Waals surface area contributed by atoms with Crippen LogP contribution in [0.25, 0.3) is 0 Å². The van der Waals surface area contributed by atoms with Crippen LogP contribution in [0.15, 0.2) is 48.5 Å². The summed E-state index contributed by atoms with van der Waals surface area (Å²) in [4.78, 5) is 0. The van der Waals surface area contributed by atoms with E-state index < -0.39 is 0 Å². The summed E-state index contributed by atoms with van der Waals surface area (Å²) in [5, 5.41) is 3.37. The summed E-state index contributed by atoms with van der Waals surface area (Å²) in [6.45, 7) is 3.99. The molecule has 3 heteroatoms. The molecule has 2 aromatic carbocycles. The average Bonchev–Trinajstić information content (AvgIpc) is 2.41. The van der Waals surface area contributed by atoms with Crippen LogP contribution in [0.3, 0.4) is 0 Å². The van der Waals surface area contributed by atoms with E-state index in [1.54, 1.807) is 24.3 Å². The molecule has 20 heavy (non-hydrogen) atoms. The van der Waals surface area contributed by atoms with Crippen molar-refractivity contribution >= 4 is 0 Å². The Balaban J connectivity index is 1.96. The van der Waals surface area contributed by atoms with Crippen LogP contribution in [0, 0.1) is 11.6 Å². The van der Waals surface area contributed by atoms with Gasteiger partial charge in [-0.2, -0.15) is 0 Å². The second kappa shape index (κ2) is 6.62. The minimum Gasteiger partial charge on any atom is -0.307 e. The molecule has 0 radical (unpaired) electrons. The third-order valence-corrected chi connectivity index (χ3v) is 3.36. The van der Waals surface area contributed by atoms with Crippen molar-refractivity contribution in [3.8, 4) is 0 Å². The number of halogens is 2. The molecule has 2 unspecified atom stereocenters. The van der Waals surface area contributed by atoms with E-state index >= 15 is 0 Å². The summed E-state index contributed by atoms with van der Waals surface area (Å²) >= 11 is 0. The average molecular weight is 275 g/mol. The highest BCUT2D eigenvalue weighted by Gasteiger charge is 2.13. The van der Waals surface area contributed by atoms with Gasteiger partial charge in [0.25, 0.3) is 0 Å². The smallest absolute Gasteiger partial charge is 0.127 e. The van der Waals surface area contributed by atoms with Crippen molar-refractivity contribution in [3.63, 3.8) is 0 Å². The Morgan fingerprint density at radius 3 is 2.25 bits per heavy atom. The molecule has 0 aliphatic rings. The number of hydrogen-bond donors (Lipinski definition) is 1. The molecule has 0 aliphatic carbocycles. The van der Waals surface area contributed by atoms with Gasteiger partial charge in [0.1, 0.15) is 11.6 Å². The van der Waals surface area contributed by atoms with Crippen LogP contribution in [-0.4, -0.2) is 6.04 Å². The molecule has 0 amide bonds. The van der Waals surface area contributed by atoms with E-state index in [4.69, 9.17) is 0 Å². The molecule has 0 aromatic heterocycles. The zero-order valence-corrected chi connectivity index (χ0v) is 11.7. The van der Waals surface area contributed by atoms with Crippen LogP contribution in [0.5, 0.6) is 0 Å². The van der Waals surface area contributed by atoms with Gasteiger partial charge in [-0.05, 0) is 44.0 Å². The van der Waals surface area contributed by atoms with Crippen LogP contribution in [0.2, 0.25) is 0 Å².